The minimum Gasteiger partial charge on any atom is -0.462 e. The van der Waals surface area contributed by atoms with Gasteiger partial charge < -0.3 is 14.5 Å². The lowest BCUT2D eigenvalue weighted by molar-refractivity contribution is 0.0524. The first kappa shape index (κ1) is 11.9. The maximum absolute atomic E-state index is 12.3. The van der Waals surface area contributed by atoms with E-state index in [-0.39, 0.29) is 17.6 Å². The topological polar surface area (TPSA) is 68.4 Å². The van der Waals surface area contributed by atoms with Crippen LogP contribution in [0.25, 0.3) is 10.9 Å². The predicted molar refractivity (Wildman–Crippen MR) is 69.0 cm³/mol. The minimum atomic E-state index is -0.595. The van der Waals surface area contributed by atoms with Crippen molar-refractivity contribution in [2.45, 2.75) is 20.1 Å². The highest BCUT2D eigenvalue weighted by Crippen LogP contribution is 2.23. The number of benzene rings is 1. The Balaban J connectivity index is 2.19. The van der Waals surface area contributed by atoms with Gasteiger partial charge in [0.25, 0.3) is 0 Å². The fourth-order valence-corrected chi connectivity index (χ4v) is 2.26. The van der Waals surface area contributed by atoms with Crippen molar-refractivity contribution in [2.24, 2.45) is 0 Å². The second kappa shape index (κ2) is 4.51. The molecule has 0 saturated heterocycles. The Morgan fingerprint density at radius 3 is 2.84 bits per heavy atom. The Labute approximate surface area is 109 Å². The van der Waals surface area contributed by atoms with Crippen LogP contribution in [0, 0.1) is 0 Å². The molecule has 0 spiro atoms. The summed E-state index contributed by atoms with van der Waals surface area (Å²) in [5, 5.41) is 0.495. The van der Waals surface area contributed by atoms with Crippen molar-refractivity contribution < 1.29 is 14.3 Å². The lowest BCUT2D eigenvalue weighted by atomic mass is 10.0. The number of nitrogens with one attached hydrogen (secondary N) is 1. The van der Waals surface area contributed by atoms with Crippen LogP contribution in [0.5, 0.6) is 0 Å². The number of fused-ring (bicyclic) bond motifs is 2. The van der Waals surface area contributed by atoms with Gasteiger partial charge in [0.05, 0.1) is 19.8 Å². The molecule has 0 saturated carbocycles. The number of pyridine rings is 1. The van der Waals surface area contributed by atoms with Gasteiger partial charge in [-0.25, -0.2) is 4.79 Å². The molecule has 1 N–H and O–H groups in total. The summed E-state index contributed by atoms with van der Waals surface area (Å²) in [6.45, 7) is 3.02. The zero-order valence-corrected chi connectivity index (χ0v) is 10.5. The number of rotatable bonds is 2. The first-order valence-electron chi connectivity index (χ1n) is 6.12. The number of carbonyl (C=O) groups excluding carboxylic acids is 1. The van der Waals surface area contributed by atoms with Crippen LogP contribution in [-0.2, 0) is 22.7 Å². The maximum Gasteiger partial charge on any atom is 0.343 e. The number of H-pyrrole nitrogens is 1. The fourth-order valence-electron chi connectivity index (χ4n) is 2.26. The van der Waals surface area contributed by atoms with Gasteiger partial charge in [-0.1, -0.05) is 0 Å². The van der Waals surface area contributed by atoms with Gasteiger partial charge in [-0.05, 0) is 30.2 Å². The highest BCUT2D eigenvalue weighted by molar-refractivity contribution is 5.93. The Kier molecular flexibility index (Phi) is 2.83. The molecule has 0 bridgehead atoms. The fraction of sp³-hybridized carbons (Fsp3) is 0.286. The summed E-state index contributed by atoms with van der Waals surface area (Å²) < 4.78 is 10.2. The van der Waals surface area contributed by atoms with E-state index in [1.807, 2.05) is 6.07 Å². The standard InChI is InChI=1S/C14H13NO4/c1-2-19-14(17)11-5-15-12-4-9-7-18-6-8(9)3-10(12)13(11)16/h3-5H,2,6-7H2,1H3,(H,15,16). The van der Waals surface area contributed by atoms with E-state index in [1.54, 1.807) is 13.0 Å². The molecule has 0 amide bonds. The SMILES string of the molecule is CCOC(=O)c1c[nH]c2cc3c(cc2c1=O)COC3. The molecule has 2 heterocycles. The van der Waals surface area contributed by atoms with E-state index in [2.05, 4.69) is 4.98 Å². The van der Waals surface area contributed by atoms with Crippen LogP contribution < -0.4 is 5.43 Å². The van der Waals surface area contributed by atoms with Gasteiger partial charge in [0.2, 0.25) is 5.43 Å². The molecule has 0 atom stereocenters. The van der Waals surface area contributed by atoms with E-state index in [0.29, 0.717) is 24.1 Å². The van der Waals surface area contributed by atoms with Crippen molar-refractivity contribution in [1.82, 2.24) is 4.98 Å². The molecule has 0 unspecified atom stereocenters. The molecule has 1 aliphatic heterocycles. The van der Waals surface area contributed by atoms with Gasteiger partial charge in [-0.2, -0.15) is 0 Å². The van der Waals surface area contributed by atoms with Crippen molar-refractivity contribution in [3.8, 4) is 0 Å². The smallest absolute Gasteiger partial charge is 0.343 e. The van der Waals surface area contributed by atoms with Crippen LogP contribution in [0.1, 0.15) is 28.4 Å². The number of hydrogen-bond donors (Lipinski definition) is 1. The average molecular weight is 259 g/mol. The van der Waals surface area contributed by atoms with Crippen LogP contribution in [-0.4, -0.2) is 17.6 Å². The lowest BCUT2D eigenvalue weighted by Crippen LogP contribution is -2.18. The molecule has 2 aromatic rings. The molecule has 3 rings (SSSR count). The third-order valence-electron chi connectivity index (χ3n) is 3.21. The summed E-state index contributed by atoms with van der Waals surface area (Å²) in [6, 6.07) is 3.69. The molecular formula is C14H13NO4. The summed E-state index contributed by atoms with van der Waals surface area (Å²) >= 11 is 0. The number of aromatic nitrogens is 1. The van der Waals surface area contributed by atoms with E-state index < -0.39 is 5.97 Å². The Bertz CT molecular complexity index is 717. The van der Waals surface area contributed by atoms with Crippen molar-refractivity contribution in [2.75, 3.05) is 6.61 Å². The van der Waals surface area contributed by atoms with Crippen molar-refractivity contribution in [3.63, 3.8) is 0 Å². The van der Waals surface area contributed by atoms with Gasteiger partial charge in [-0.15, -0.1) is 0 Å². The van der Waals surface area contributed by atoms with Gasteiger partial charge in [0.1, 0.15) is 5.56 Å². The zero-order valence-electron chi connectivity index (χ0n) is 10.5. The van der Waals surface area contributed by atoms with Crippen molar-refractivity contribution in [1.29, 1.82) is 0 Å². The number of hydrogen-bond acceptors (Lipinski definition) is 4. The molecule has 5 nitrogen and oxygen atoms in total. The van der Waals surface area contributed by atoms with Gasteiger partial charge in [0.15, 0.2) is 0 Å². The largest absolute Gasteiger partial charge is 0.462 e. The average Bonchev–Trinajstić information content (AvgIpc) is 2.84. The van der Waals surface area contributed by atoms with Crippen LogP contribution in [0.15, 0.2) is 23.1 Å². The molecule has 1 aliphatic rings. The summed E-state index contributed by atoms with van der Waals surface area (Å²) in [4.78, 5) is 26.9. The maximum atomic E-state index is 12.3. The van der Waals surface area contributed by atoms with Crippen LogP contribution in [0.3, 0.4) is 0 Å². The van der Waals surface area contributed by atoms with Crippen molar-refractivity contribution in [3.05, 3.63) is 45.2 Å². The zero-order chi connectivity index (χ0) is 13.4. The quantitative estimate of drug-likeness (QED) is 0.834. The lowest BCUT2D eigenvalue weighted by Gasteiger charge is -2.05. The normalized spacial score (nSPS) is 13.5. The predicted octanol–water partition coefficient (Wildman–Crippen LogP) is 1.74. The summed E-state index contributed by atoms with van der Waals surface area (Å²) in [6.07, 6.45) is 1.41. The van der Waals surface area contributed by atoms with E-state index >= 15 is 0 Å². The van der Waals surface area contributed by atoms with E-state index in [4.69, 9.17) is 9.47 Å². The van der Waals surface area contributed by atoms with E-state index in [0.717, 1.165) is 11.1 Å². The first-order chi connectivity index (χ1) is 9.20. The second-order valence-electron chi connectivity index (χ2n) is 4.41. The molecule has 0 radical (unpaired) electrons. The molecule has 98 valence electrons. The van der Waals surface area contributed by atoms with Crippen LogP contribution >= 0.6 is 0 Å². The first-order valence-corrected chi connectivity index (χ1v) is 6.12. The number of esters is 1. The van der Waals surface area contributed by atoms with Crippen LogP contribution in [0.2, 0.25) is 0 Å². The Morgan fingerprint density at radius 1 is 1.37 bits per heavy atom. The molecule has 1 aromatic carbocycles. The highest BCUT2D eigenvalue weighted by Gasteiger charge is 2.17. The monoisotopic (exact) mass is 259 g/mol. The third-order valence-corrected chi connectivity index (χ3v) is 3.21. The molecular weight excluding hydrogens is 246 g/mol. The molecule has 1 aromatic heterocycles. The summed E-state index contributed by atoms with van der Waals surface area (Å²) in [5.74, 6) is -0.595. The van der Waals surface area contributed by atoms with E-state index in [9.17, 15) is 9.59 Å². The molecule has 0 fully saturated rings. The minimum absolute atomic E-state index is 0.0354. The Morgan fingerprint density at radius 2 is 2.11 bits per heavy atom. The highest BCUT2D eigenvalue weighted by atomic mass is 16.5. The van der Waals surface area contributed by atoms with Crippen molar-refractivity contribution >= 4 is 16.9 Å². The van der Waals surface area contributed by atoms with Gasteiger partial charge in [-0.3, -0.25) is 4.79 Å². The Hall–Kier alpha value is -2.14. The second-order valence-corrected chi connectivity index (χ2v) is 4.41. The van der Waals surface area contributed by atoms with E-state index in [1.165, 1.54) is 6.20 Å². The third kappa shape index (κ3) is 1.92. The summed E-state index contributed by atoms with van der Waals surface area (Å²) in [5.41, 5.74) is 2.52. The van der Waals surface area contributed by atoms with Gasteiger partial charge in [0, 0.05) is 17.1 Å². The van der Waals surface area contributed by atoms with Crippen LogP contribution in [0.4, 0.5) is 0 Å². The number of carbonyl (C=O) groups is 1. The number of aromatic amines is 1. The molecule has 5 heteroatoms. The summed E-state index contributed by atoms with van der Waals surface area (Å²) in [7, 11) is 0. The molecule has 19 heavy (non-hydrogen) atoms. The van der Waals surface area contributed by atoms with Gasteiger partial charge >= 0.3 is 5.97 Å². The number of ether oxygens (including phenoxy) is 2. The molecule has 0 aliphatic carbocycles.